The Kier molecular flexibility index (Phi) is 5.40. The number of rotatable bonds is 7. The van der Waals surface area contributed by atoms with Gasteiger partial charge >= 0.3 is 0 Å². The van der Waals surface area contributed by atoms with Crippen LogP contribution in [0.3, 0.4) is 0 Å². The maximum absolute atomic E-state index is 12.0. The maximum atomic E-state index is 12.0. The van der Waals surface area contributed by atoms with E-state index in [9.17, 15) is 4.79 Å². The van der Waals surface area contributed by atoms with Gasteiger partial charge in [0.2, 0.25) is 5.91 Å². The third-order valence-corrected chi connectivity index (χ3v) is 3.07. The highest BCUT2D eigenvalue weighted by Gasteiger charge is 2.05. The van der Waals surface area contributed by atoms with Crippen LogP contribution in [0.2, 0.25) is 0 Å². The number of hydrogen-bond acceptors (Lipinski definition) is 3. The van der Waals surface area contributed by atoms with Crippen molar-refractivity contribution in [3.8, 4) is 5.75 Å². The van der Waals surface area contributed by atoms with Crippen molar-refractivity contribution >= 4 is 11.6 Å². The van der Waals surface area contributed by atoms with Crippen molar-refractivity contribution in [2.75, 3.05) is 19.0 Å². The Morgan fingerprint density at radius 3 is 2.95 bits per heavy atom. The zero-order valence-corrected chi connectivity index (χ0v) is 12.4. The summed E-state index contributed by atoms with van der Waals surface area (Å²) in [6, 6.07) is 9.34. The Bertz CT molecular complexity index is 593. The van der Waals surface area contributed by atoms with Crippen LogP contribution >= 0.6 is 0 Å². The van der Waals surface area contributed by atoms with E-state index in [1.165, 1.54) is 5.56 Å². The van der Waals surface area contributed by atoms with E-state index < -0.39 is 0 Å². The van der Waals surface area contributed by atoms with Gasteiger partial charge in [0.1, 0.15) is 12.3 Å². The number of methoxy groups -OCH3 is 1. The first-order valence-corrected chi connectivity index (χ1v) is 7.00. The monoisotopic (exact) mass is 287 g/mol. The average Bonchev–Trinajstić information content (AvgIpc) is 2.92. The molecule has 0 aliphatic heterocycles. The second-order valence-corrected chi connectivity index (χ2v) is 4.75. The van der Waals surface area contributed by atoms with Crippen molar-refractivity contribution in [3.63, 3.8) is 0 Å². The molecule has 0 bridgehead atoms. The van der Waals surface area contributed by atoms with Crippen LogP contribution in [0.5, 0.6) is 5.75 Å². The van der Waals surface area contributed by atoms with Crippen LogP contribution in [0.25, 0.3) is 0 Å². The molecule has 5 nitrogen and oxygen atoms in total. The first-order chi connectivity index (χ1) is 10.2. The topological polar surface area (TPSA) is 55.3 Å². The van der Waals surface area contributed by atoms with Gasteiger partial charge in [-0.3, -0.25) is 4.79 Å². The fourth-order valence-corrected chi connectivity index (χ4v) is 2.03. The number of anilines is 1. The van der Waals surface area contributed by atoms with Crippen molar-refractivity contribution in [2.24, 2.45) is 0 Å². The Morgan fingerprint density at radius 2 is 2.19 bits per heavy atom. The predicted molar refractivity (Wildman–Crippen MR) is 83.4 cm³/mol. The minimum absolute atomic E-state index is 0.0612. The third kappa shape index (κ3) is 4.65. The maximum Gasteiger partial charge on any atom is 0.244 e. The number of nitrogens with one attached hydrogen (secondary N) is 2. The summed E-state index contributed by atoms with van der Waals surface area (Å²) in [6.45, 7) is 4.12. The van der Waals surface area contributed by atoms with Crippen LogP contribution in [0.1, 0.15) is 12.5 Å². The molecule has 1 aromatic heterocycles. The van der Waals surface area contributed by atoms with E-state index >= 15 is 0 Å². The quantitative estimate of drug-likeness (QED) is 0.821. The Morgan fingerprint density at radius 1 is 1.33 bits per heavy atom. The van der Waals surface area contributed by atoms with E-state index in [0.717, 1.165) is 24.5 Å². The summed E-state index contributed by atoms with van der Waals surface area (Å²) in [6.07, 6.45) is 3.89. The van der Waals surface area contributed by atoms with Crippen molar-refractivity contribution in [2.45, 2.75) is 20.0 Å². The highest BCUT2D eigenvalue weighted by Crippen LogP contribution is 2.16. The van der Waals surface area contributed by atoms with Crippen molar-refractivity contribution < 1.29 is 9.53 Å². The highest BCUT2D eigenvalue weighted by atomic mass is 16.5. The molecule has 112 valence electrons. The van der Waals surface area contributed by atoms with E-state index in [1.54, 1.807) is 13.2 Å². The largest absolute Gasteiger partial charge is 0.497 e. The van der Waals surface area contributed by atoms with Gasteiger partial charge in [-0.2, -0.15) is 0 Å². The zero-order valence-electron chi connectivity index (χ0n) is 12.4. The molecule has 1 heterocycles. The number of ether oxygens (including phenoxy) is 1. The molecule has 2 N–H and O–H groups in total. The second kappa shape index (κ2) is 7.50. The normalized spacial score (nSPS) is 10.4. The smallest absolute Gasteiger partial charge is 0.244 e. The molecule has 0 saturated heterocycles. The third-order valence-electron chi connectivity index (χ3n) is 3.07. The lowest BCUT2D eigenvalue weighted by molar-refractivity contribution is -0.116. The standard InChI is InChI=1S/C16H21N3O2/c1-3-17-10-13-7-8-19(11-13)12-16(20)18-14-5-4-6-15(9-14)21-2/h4-9,11,17H,3,10,12H2,1-2H3,(H,18,20). The Labute approximate surface area is 124 Å². The van der Waals surface area contributed by atoms with Crippen molar-refractivity contribution in [3.05, 3.63) is 48.3 Å². The molecule has 0 saturated carbocycles. The number of nitrogens with zero attached hydrogens (tertiary/aromatic N) is 1. The van der Waals surface area contributed by atoms with Crippen molar-refractivity contribution in [1.29, 1.82) is 0 Å². The number of aromatic nitrogens is 1. The first-order valence-electron chi connectivity index (χ1n) is 7.00. The Hall–Kier alpha value is -2.27. The lowest BCUT2D eigenvalue weighted by Crippen LogP contribution is -2.18. The number of amides is 1. The molecular formula is C16H21N3O2. The molecule has 0 fully saturated rings. The highest BCUT2D eigenvalue weighted by molar-refractivity contribution is 5.90. The van der Waals surface area contributed by atoms with Gasteiger partial charge in [-0.15, -0.1) is 0 Å². The second-order valence-electron chi connectivity index (χ2n) is 4.75. The summed E-state index contributed by atoms with van der Waals surface area (Å²) >= 11 is 0. The Balaban J connectivity index is 1.90. The van der Waals surface area contributed by atoms with Gasteiger partial charge in [-0.1, -0.05) is 13.0 Å². The van der Waals surface area contributed by atoms with Crippen LogP contribution in [0, 0.1) is 0 Å². The van der Waals surface area contributed by atoms with Crippen molar-refractivity contribution in [1.82, 2.24) is 9.88 Å². The van der Waals surface area contributed by atoms with Crippen LogP contribution in [0.4, 0.5) is 5.69 Å². The molecule has 0 unspecified atom stereocenters. The van der Waals surface area contributed by atoms with E-state index in [0.29, 0.717) is 6.54 Å². The number of benzene rings is 1. The lowest BCUT2D eigenvalue weighted by atomic mass is 10.3. The van der Waals surface area contributed by atoms with Gasteiger partial charge < -0.3 is 19.9 Å². The molecule has 0 radical (unpaired) electrons. The minimum Gasteiger partial charge on any atom is -0.497 e. The van der Waals surface area contributed by atoms with Gasteiger partial charge in [-0.25, -0.2) is 0 Å². The van der Waals surface area contributed by atoms with Gasteiger partial charge in [0, 0.05) is 30.7 Å². The van der Waals surface area contributed by atoms with E-state index in [-0.39, 0.29) is 5.91 Å². The van der Waals surface area contributed by atoms with E-state index in [2.05, 4.69) is 17.6 Å². The molecular weight excluding hydrogens is 266 g/mol. The van der Waals surface area contributed by atoms with Gasteiger partial charge in [0.25, 0.3) is 0 Å². The fraction of sp³-hybridized carbons (Fsp3) is 0.312. The first kappa shape index (κ1) is 15.1. The summed E-state index contributed by atoms with van der Waals surface area (Å²) < 4.78 is 7.01. The van der Waals surface area contributed by atoms with Crippen LogP contribution in [-0.4, -0.2) is 24.1 Å². The lowest BCUT2D eigenvalue weighted by Gasteiger charge is -2.07. The SMILES string of the molecule is CCNCc1ccn(CC(=O)Nc2cccc(OC)c2)c1. The predicted octanol–water partition coefficient (Wildman–Crippen LogP) is 2.24. The van der Waals surface area contributed by atoms with Gasteiger partial charge in [0.15, 0.2) is 0 Å². The van der Waals surface area contributed by atoms with Crippen LogP contribution in [-0.2, 0) is 17.9 Å². The van der Waals surface area contributed by atoms with Gasteiger partial charge in [-0.05, 0) is 30.3 Å². The van der Waals surface area contributed by atoms with Gasteiger partial charge in [0.05, 0.1) is 7.11 Å². The molecule has 5 heteroatoms. The minimum atomic E-state index is -0.0612. The summed E-state index contributed by atoms with van der Waals surface area (Å²) in [7, 11) is 1.60. The van der Waals surface area contributed by atoms with E-state index in [1.807, 2.05) is 41.2 Å². The summed E-state index contributed by atoms with van der Waals surface area (Å²) in [5, 5.41) is 6.12. The van der Waals surface area contributed by atoms with E-state index in [4.69, 9.17) is 4.74 Å². The summed E-state index contributed by atoms with van der Waals surface area (Å²) in [5.74, 6) is 0.663. The molecule has 2 aromatic rings. The molecule has 0 aliphatic rings. The van der Waals surface area contributed by atoms with Crippen LogP contribution < -0.4 is 15.4 Å². The fourth-order valence-electron chi connectivity index (χ4n) is 2.03. The molecule has 0 spiro atoms. The molecule has 0 atom stereocenters. The van der Waals surface area contributed by atoms with Crippen LogP contribution in [0.15, 0.2) is 42.7 Å². The summed E-state index contributed by atoms with van der Waals surface area (Å²) in [5.41, 5.74) is 1.91. The molecule has 0 aliphatic carbocycles. The molecule has 2 rings (SSSR count). The average molecular weight is 287 g/mol. The molecule has 1 aromatic carbocycles. The molecule has 1 amide bonds. The number of carbonyl (C=O) groups excluding carboxylic acids is 1. The number of hydrogen-bond donors (Lipinski definition) is 2. The summed E-state index contributed by atoms with van der Waals surface area (Å²) in [4.78, 5) is 12.0. The molecule has 21 heavy (non-hydrogen) atoms. The zero-order chi connectivity index (χ0) is 15.1. The number of carbonyl (C=O) groups is 1.